The first-order chi connectivity index (χ1) is 14.6. The van der Waals surface area contributed by atoms with Gasteiger partial charge in [-0.2, -0.15) is 0 Å². The van der Waals surface area contributed by atoms with Gasteiger partial charge in [0, 0.05) is 29.4 Å². The Hall–Kier alpha value is -3.04. The van der Waals surface area contributed by atoms with Gasteiger partial charge in [0.05, 0.1) is 5.69 Å². The van der Waals surface area contributed by atoms with Crippen LogP contribution in [0, 0.1) is 0 Å². The van der Waals surface area contributed by atoms with Gasteiger partial charge in [-0.1, -0.05) is 93.5 Å². The highest BCUT2D eigenvalue weighted by atomic mass is 35.5. The maximum absolute atomic E-state index is 6.10. The minimum atomic E-state index is 0.684. The molecule has 0 amide bonds. The average molecular weight is 418 g/mol. The van der Waals surface area contributed by atoms with Crippen molar-refractivity contribution in [3.05, 3.63) is 101 Å². The molecule has 4 rings (SSSR count). The summed E-state index contributed by atoms with van der Waals surface area (Å²) in [6, 6.07) is 22.8. The lowest BCUT2D eigenvalue weighted by atomic mass is 10.0. The Morgan fingerprint density at radius 1 is 1.00 bits per heavy atom. The second-order valence-corrected chi connectivity index (χ2v) is 7.24. The van der Waals surface area contributed by atoms with Gasteiger partial charge in [-0.25, -0.2) is 4.98 Å². The normalized spacial score (nSPS) is 10.4. The van der Waals surface area contributed by atoms with Crippen molar-refractivity contribution in [3.63, 3.8) is 0 Å². The van der Waals surface area contributed by atoms with Crippen LogP contribution < -0.4 is 5.32 Å². The second-order valence-electron chi connectivity index (χ2n) is 6.80. The first kappa shape index (κ1) is 21.7. The fraction of sp³-hybridized carbons (Fsp3) is 0.192. The van der Waals surface area contributed by atoms with Crippen LogP contribution in [0.25, 0.3) is 16.8 Å². The number of allylic oxidation sites excluding steroid dienone is 1. The number of aryl methyl sites for hydroxylation is 1. The topological polar surface area (TPSA) is 29.3 Å². The van der Waals surface area contributed by atoms with Gasteiger partial charge in [-0.05, 0) is 29.2 Å². The summed E-state index contributed by atoms with van der Waals surface area (Å²) < 4.78 is 2.02. The molecule has 0 aliphatic heterocycles. The molecule has 3 nitrogen and oxygen atoms in total. The monoisotopic (exact) mass is 417 g/mol. The number of aromatic nitrogens is 2. The number of fused-ring (bicyclic) bond motifs is 1. The van der Waals surface area contributed by atoms with Gasteiger partial charge in [0.15, 0.2) is 0 Å². The van der Waals surface area contributed by atoms with Crippen molar-refractivity contribution in [3.8, 4) is 11.1 Å². The average Bonchev–Trinajstić information content (AvgIpc) is 3.12. The first-order valence-corrected chi connectivity index (χ1v) is 10.8. The van der Waals surface area contributed by atoms with Crippen molar-refractivity contribution in [2.24, 2.45) is 0 Å². The summed E-state index contributed by atoms with van der Waals surface area (Å²) in [5.41, 5.74) is 6.43. The summed E-state index contributed by atoms with van der Waals surface area (Å²) in [7, 11) is 0. The summed E-state index contributed by atoms with van der Waals surface area (Å²) in [4.78, 5) is 4.67. The molecule has 2 aromatic carbocycles. The quantitative estimate of drug-likeness (QED) is 0.353. The van der Waals surface area contributed by atoms with Gasteiger partial charge in [0.25, 0.3) is 0 Å². The number of nitrogens with one attached hydrogen (secondary N) is 1. The molecule has 0 aliphatic carbocycles. The predicted molar refractivity (Wildman–Crippen MR) is 129 cm³/mol. The van der Waals surface area contributed by atoms with Crippen LogP contribution in [0.2, 0.25) is 5.02 Å². The fourth-order valence-electron chi connectivity index (χ4n) is 3.35. The van der Waals surface area contributed by atoms with E-state index in [9.17, 15) is 0 Å². The van der Waals surface area contributed by atoms with E-state index in [-0.39, 0.29) is 0 Å². The van der Waals surface area contributed by atoms with Crippen LogP contribution >= 0.6 is 11.6 Å². The third-order valence-corrected chi connectivity index (χ3v) is 5.00. The van der Waals surface area contributed by atoms with Crippen LogP contribution in [0.3, 0.4) is 0 Å². The van der Waals surface area contributed by atoms with Crippen LogP contribution in [0.4, 0.5) is 5.82 Å². The second kappa shape index (κ2) is 10.1. The SMILES string of the molecule is C=C(Cc1ccc(-c2ccccc2)cc1)Nc1c(CC)nc2cc(Cl)ccn12.CC. The molecule has 0 radical (unpaired) electrons. The van der Waals surface area contributed by atoms with E-state index in [0.717, 1.165) is 35.7 Å². The van der Waals surface area contributed by atoms with Crippen molar-refractivity contribution in [2.75, 3.05) is 5.32 Å². The van der Waals surface area contributed by atoms with E-state index in [2.05, 4.69) is 72.3 Å². The number of imidazole rings is 1. The molecule has 2 heterocycles. The molecule has 0 saturated carbocycles. The highest BCUT2D eigenvalue weighted by molar-refractivity contribution is 6.30. The molecule has 0 saturated heterocycles. The molecule has 0 spiro atoms. The van der Waals surface area contributed by atoms with Crippen LogP contribution in [0.5, 0.6) is 0 Å². The van der Waals surface area contributed by atoms with Gasteiger partial charge in [0.2, 0.25) is 0 Å². The summed E-state index contributed by atoms with van der Waals surface area (Å²) >= 11 is 6.10. The predicted octanol–water partition coefficient (Wildman–Crippen LogP) is 7.41. The van der Waals surface area contributed by atoms with E-state index in [1.54, 1.807) is 0 Å². The van der Waals surface area contributed by atoms with E-state index in [1.807, 2.05) is 42.6 Å². The number of benzene rings is 2. The van der Waals surface area contributed by atoms with Gasteiger partial charge in [-0.15, -0.1) is 0 Å². The lowest BCUT2D eigenvalue weighted by Gasteiger charge is -2.12. The largest absolute Gasteiger partial charge is 0.344 e. The molecule has 154 valence electrons. The third-order valence-electron chi connectivity index (χ3n) is 4.77. The molecule has 2 aromatic heterocycles. The standard InChI is InChI=1S/C24H22ClN3.C2H6/c1-3-22-24(28-14-13-21(25)16-23(28)27-22)26-17(2)15-18-9-11-20(12-10-18)19-7-5-4-6-8-19;1-2/h4-14,16,26H,2-3,15H2,1H3;1-2H3. The zero-order valence-electron chi connectivity index (χ0n) is 17.8. The zero-order chi connectivity index (χ0) is 21.5. The molecule has 0 aliphatic rings. The maximum atomic E-state index is 6.10. The van der Waals surface area contributed by atoms with Crippen LogP contribution in [-0.2, 0) is 12.8 Å². The van der Waals surface area contributed by atoms with Crippen molar-refractivity contribution < 1.29 is 0 Å². The number of rotatable bonds is 6. The Labute approximate surface area is 184 Å². The van der Waals surface area contributed by atoms with E-state index < -0.39 is 0 Å². The Kier molecular flexibility index (Phi) is 7.31. The number of hydrogen-bond donors (Lipinski definition) is 1. The molecule has 30 heavy (non-hydrogen) atoms. The number of pyridine rings is 1. The number of hydrogen-bond acceptors (Lipinski definition) is 2. The fourth-order valence-corrected chi connectivity index (χ4v) is 3.51. The number of halogens is 1. The van der Waals surface area contributed by atoms with Gasteiger partial charge < -0.3 is 5.32 Å². The van der Waals surface area contributed by atoms with Crippen molar-refractivity contribution in [2.45, 2.75) is 33.6 Å². The molecular formula is C26H28ClN3. The Bertz CT molecular complexity index is 1110. The molecule has 0 atom stereocenters. The van der Waals surface area contributed by atoms with Crippen molar-refractivity contribution >= 4 is 23.1 Å². The molecule has 0 fully saturated rings. The number of nitrogens with zero attached hydrogens (tertiary/aromatic N) is 2. The maximum Gasteiger partial charge on any atom is 0.140 e. The third kappa shape index (κ3) is 4.92. The molecule has 4 heteroatoms. The van der Waals surface area contributed by atoms with Gasteiger partial charge in [0.1, 0.15) is 11.5 Å². The summed E-state index contributed by atoms with van der Waals surface area (Å²) in [6.45, 7) is 10.3. The van der Waals surface area contributed by atoms with Crippen LogP contribution in [0.15, 0.2) is 85.2 Å². The number of anilines is 1. The molecule has 0 unspecified atom stereocenters. The lowest BCUT2D eigenvalue weighted by Crippen LogP contribution is -2.05. The molecule has 0 bridgehead atoms. The van der Waals surface area contributed by atoms with E-state index >= 15 is 0 Å². The zero-order valence-corrected chi connectivity index (χ0v) is 18.6. The summed E-state index contributed by atoms with van der Waals surface area (Å²) in [5.74, 6) is 0.958. The molecule has 4 aromatic rings. The van der Waals surface area contributed by atoms with Gasteiger partial charge in [-0.3, -0.25) is 4.40 Å². The van der Waals surface area contributed by atoms with Crippen molar-refractivity contribution in [1.82, 2.24) is 9.38 Å². The highest BCUT2D eigenvalue weighted by Gasteiger charge is 2.12. The van der Waals surface area contributed by atoms with Gasteiger partial charge >= 0.3 is 0 Å². The highest BCUT2D eigenvalue weighted by Crippen LogP contribution is 2.24. The smallest absolute Gasteiger partial charge is 0.140 e. The molecule has 1 N–H and O–H groups in total. The Morgan fingerprint density at radius 3 is 2.33 bits per heavy atom. The van der Waals surface area contributed by atoms with E-state index in [4.69, 9.17) is 11.6 Å². The summed E-state index contributed by atoms with van der Waals surface area (Å²) in [5, 5.41) is 4.15. The minimum Gasteiger partial charge on any atom is -0.344 e. The lowest BCUT2D eigenvalue weighted by molar-refractivity contribution is 1.05. The van der Waals surface area contributed by atoms with E-state index in [1.165, 1.54) is 16.7 Å². The Morgan fingerprint density at radius 2 is 1.67 bits per heavy atom. The van der Waals surface area contributed by atoms with Crippen molar-refractivity contribution in [1.29, 1.82) is 0 Å². The van der Waals surface area contributed by atoms with Crippen LogP contribution in [-0.4, -0.2) is 9.38 Å². The van der Waals surface area contributed by atoms with Crippen LogP contribution in [0.1, 0.15) is 32.0 Å². The Balaban J connectivity index is 0.00000124. The minimum absolute atomic E-state index is 0.684. The van der Waals surface area contributed by atoms with E-state index in [0.29, 0.717) is 5.02 Å². The molecular weight excluding hydrogens is 390 g/mol. The first-order valence-electron chi connectivity index (χ1n) is 10.4. The summed E-state index contributed by atoms with van der Waals surface area (Å²) in [6.07, 6.45) is 3.52.